The van der Waals surface area contributed by atoms with Crippen LogP contribution in [0.4, 0.5) is 13.2 Å². The summed E-state index contributed by atoms with van der Waals surface area (Å²) in [5.74, 6) is -0.603. The Balaban J connectivity index is 1.90. The monoisotopic (exact) mass is 411 g/mol. The highest BCUT2D eigenvalue weighted by Gasteiger charge is 2.41. The van der Waals surface area contributed by atoms with Gasteiger partial charge in [0.2, 0.25) is 5.91 Å². The van der Waals surface area contributed by atoms with E-state index in [4.69, 9.17) is 4.74 Å². The first-order valence-electron chi connectivity index (χ1n) is 9.40. The smallest absolute Gasteiger partial charge is 0.378 e. The molecule has 1 amide bonds. The summed E-state index contributed by atoms with van der Waals surface area (Å²) in [6.07, 6.45) is -3.17. The Hall–Kier alpha value is -2.42. The van der Waals surface area contributed by atoms with Gasteiger partial charge < -0.3 is 10.1 Å². The van der Waals surface area contributed by atoms with E-state index in [2.05, 4.69) is 10.4 Å². The van der Waals surface area contributed by atoms with Crippen molar-refractivity contribution in [2.45, 2.75) is 63.9 Å². The van der Waals surface area contributed by atoms with Gasteiger partial charge in [0, 0.05) is 18.5 Å². The molecule has 6 nitrogen and oxygen atoms in total. The SMILES string of the molecule is COC1(C)CC(NC(=O)Cn2nc(C(C)C)c3cc(C(F)(F)F)ccc3c2=O)C1. The lowest BCUT2D eigenvalue weighted by molar-refractivity contribution is -0.137. The Morgan fingerprint density at radius 1 is 1.34 bits per heavy atom. The van der Waals surface area contributed by atoms with Crippen LogP contribution in [0.1, 0.15) is 50.8 Å². The van der Waals surface area contributed by atoms with Crippen molar-refractivity contribution in [1.82, 2.24) is 15.1 Å². The number of alkyl halides is 3. The Morgan fingerprint density at radius 2 is 2.00 bits per heavy atom. The number of benzene rings is 1. The van der Waals surface area contributed by atoms with Gasteiger partial charge >= 0.3 is 6.18 Å². The Labute approximate surface area is 166 Å². The number of amides is 1. The number of hydrogen-bond acceptors (Lipinski definition) is 4. The van der Waals surface area contributed by atoms with Crippen molar-refractivity contribution < 1.29 is 22.7 Å². The lowest BCUT2D eigenvalue weighted by Gasteiger charge is -2.44. The first kappa shape index (κ1) is 21.3. The van der Waals surface area contributed by atoms with Gasteiger partial charge in [0.25, 0.3) is 5.56 Å². The van der Waals surface area contributed by atoms with E-state index in [-0.39, 0.29) is 40.8 Å². The molecule has 3 rings (SSSR count). The fourth-order valence-corrected chi connectivity index (χ4v) is 3.68. The molecule has 0 bridgehead atoms. The number of carbonyl (C=O) groups excluding carboxylic acids is 1. The molecule has 1 aromatic heterocycles. The predicted molar refractivity (Wildman–Crippen MR) is 102 cm³/mol. The van der Waals surface area contributed by atoms with Crippen LogP contribution in [0.2, 0.25) is 0 Å². The number of ether oxygens (including phenoxy) is 1. The van der Waals surface area contributed by atoms with Gasteiger partial charge in [-0.1, -0.05) is 13.8 Å². The number of rotatable bonds is 5. The van der Waals surface area contributed by atoms with Crippen molar-refractivity contribution in [1.29, 1.82) is 0 Å². The molecule has 1 fully saturated rings. The molecule has 9 heteroatoms. The van der Waals surface area contributed by atoms with Gasteiger partial charge in [-0.15, -0.1) is 0 Å². The topological polar surface area (TPSA) is 73.2 Å². The van der Waals surface area contributed by atoms with Gasteiger partial charge in [-0.2, -0.15) is 18.3 Å². The molecule has 29 heavy (non-hydrogen) atoms. The second-order valence-corrected chi connectivity index (χ2v) is 8.09. The number of nitrogens with zero attached hydrogens (tertiary/aromatic N) is 2. The van der Waals surface area contributed by atoms with Crippen LogP contribution in [0.25, 0.3) is 10.8 Å². The minimum Gasteiger partial charge on any atom is -0.378 e. The number of fused-ring (bicyclic) bond motifs is 1. The van der Waals surface area contributed by atoms with Crippen LogP contribution in [0.5, 0.6) is 0 Å². The molecule has 1 heterocycles. The lowest BCUT2D eigenvalue weighted by atomic mass is 9.77. The van der Waals surface area contributed by atoms with E-state index in [1.165, 1.54) is 0 Å². The number of carbonyl (C=O) groups is 1. The molecule has 0 aliphatic heterocycles. The zero-order valence-electron chi connectivity index (χ0n) is 16.8. The molecule has 1 aliphatic rings. The average molecular weight is 411 g/mol. The third-order valence-electron chi connectivity index (χ3n) is 5.37. The highest BCUT2D eigenvalue weighted by Crippen LogP contribution is 2.35. The summed E-state index contributed by atoms with van der Waals surface area (Å²) in [5.41, 5.74) is -1.34. The highest BCUT2D eigenvalue weighted by molar-refractivity contribution is 5.85. The quantitative estimate of drug-likeness (QED) is 0.820. The first-order chi connectivity index (χ1) is 13.4. The third-order valence-corrected chi connectivity index (χ3v) is 5.37. The van der Waals surface area contributed by atoms with Gasteiger partial charge in [0.1, 0.15) is 6.54 Å². The average Bonchev–Trinajstić information content (AvgIpc) is 2.61. The van der Waals surface area contributed by atoms with E-state index < -0.39 is 17.3 Å². The molecular weight excluding hydrogens is 387 g/mol. The normalized spacial score (nSPS) is 22.0. The van der Waals surface area contributed by atoms with Gasteiger partial charge in [0.15, 0.2) is 0 Å². The van der Waals surface area contributed by atoms with E-state index in [1.54, 1.807) is 21.0 Å². The maximum atomic E-state index is 13.1. The van der Waals surface area contributed by atoms with Crippen molar-refractivity contribution >= 4 is 16.7 Å². The van der Waals surface area contributed by atoms with Crippen LogP contribution in [-0.4, -0.2) is 34.4 Å². The van der Waals surface area contributed by atoms with Crippen molar-refractivity contribution in [3.05, 3.63) is 39.8 Å². The Morgan fingerprint density at radius 3 is 2.55 bits per heavy atom. The molecule has 2 aromatic rings. The summed E-state index contributed by atoms with van der Waals surface area (Å²) < 4.78 is 45.6. The summed E-state index contributed by atoms with van der Waals surface area (Å²) in [5, 5.41) is 7.32. The fraction of sp³-hybridized carbons (Fsp3) is 0.550. The number of halogens is 3. The summed E-state index contributed by atoms with van der Waals surface area (Å²) in [7, 11) is 1.62. The Bertz CT molecular complexity index is 992. The van der Waals surface area contributed by atoms with Crippen molar-refractivity contribution in [2.75, 3.05) is 7.11 Å². The summed E-state index contributed by atoms with van der Waals surface area (Å²) >= 11 is 0. The van der Waals surface area contributed by atoms with Gasteiger partial charge in [-0.05, 0) is 43.9 Å². The maximum Gasteiger partial charge on any atom is 0.416 e. The van der Waals surface area contributed by atoms with E-state index in [1.807, 2.05) is 6.92 Å². The molecule has 1 N–H and O–H groups in total. The first-order valence-corrected chi connectivity index (χ1v) is 9.40. The van der Waals surface area contributed by atoms with Crippen LogP contribution >= 0.6 is 0 Å². The fourth-order valence-electron chi connectivity index (χ4n) is 3.68. The minimum absolute atomic E-state index is 0.0393. The lowest BCUT2D eigenvalue weighted by Crippen LogP contribution is -2.55. The molecule has 0 saturated heterocycles. The van der Waals surface area contributed by atoms with Crippen LogP contribution in [0, 0.1) is 0 Å². The van der Waals surface area contributed by atoms with E-state index in [0.717, 1.165) is 22.9 Å². The molecule has 1 saturated carbocycles. The van der Waals surface area contributed by atoms with Crippen molar-refractivity contribution in [3.8, 4) is 0 Å². The number of hydrogen-bond donors (Lipinski definition) is 1. The van der Waals surface area contributed by atoms with Crippen LogP contribution in [0.3, 0.4) is 0 Å². The van der Waals surface area contributed by atoms with Crippen LogP contribution in [0.15, 0.2) is 23.0 Å². The largest absolute Gasteiger partial charge is 0.416 e. The van der Waals surface area contributed by atoms with Gasteiger partial charge in [-0.25, -0.2) is 4.68 Å². The van der Waals surface area contributed by atoms with E-state index >= 15 is 0 Å². The molecule has 0 unspecified atom stereocenters. The zero-order chi connectivity index (χ0) is 21.6. The second-order valence-electron chi connectivity index (χ2n) is 8.09. The van der Waals surface area contributed by atoms with E-state index in [9.17, 15) is 22.8 Å². The maximum absolute atomic E-state index is 13.1. The molecule has 0 atom stereocenters. The molecule has 1 aliphatic carbocycles. The Kier molecular flexibility index (Phi) is 5.46. The van der Waals surface area contributed by atoms with E-state index in [0.29, 0.717) is 18.5 Å². The number of aromatic nitrogens is 2. The molecular formula is C20H24F3N3O3. The minimum atomic E-state index is -4.52. The number of nitrogens with one attached hydrogen (secondary N) is 1. The molecule has 0 radical (unpaired) electrons. The highest BCUT2D eigenvalue weighted by atomic mass is 19.4. The summed E-state index contributed by atoms with van der Waals surface area (Å²) in [6, 6.07) is 2.93. The van der Waals surface area contributed by atoms with Crippen LogP contribution < -0.4 is 10.9 Å². The van der Waals surface area contributed by atoms with Gasteiger partial charge in [-0.3, -0.25) is 9.59 Å². The molecule has 0 spiro atoms. The number of methoxy groups -OCH3 is 1. The standard InChI is InChI=1S/C20H24F3N3O3/c1-11(2)17-15-7-12(20(21,22)23)5-6-14(15)18(28)26(25-17)10-16(27)24-13-8-19(3,9-13)29-4/h5-7,11,13H,8-10H2,1-4H3,(H,24,27). The van der Waals surface area contributed by atoms with Crippen LogP contribution in [-0.2, 0) is 22.3 Å². The summed E-state index contributed by atoms with van der Waals surface area (Å²) in [4.78, 5) is 25.1. The van der Waals surface area contributed by atoms with Crippen molar-refractivity contribution in [3.63, 3.8) is 0 Å². The molecule has 158 valence electrons. The predicted octanol–water partition coefficient (Wildman–Crippen LogP) is 3.22. The molecule has 1 aromatic carbocycles. The van der Waals surface area contributed by atoms with Crippen molar-refractivity contribution in [2.24, 2.45) is 0 Å². The summed E-state index contributed by atoms with van der Waals surface area (Å²) in [6.45, 7) is 5.21. The third kappa shape index (κ3) is 4.29. The zero-order valence-corrected chi connectivity index (χ0v) is 16.8. The second kappa shape index (κ2) is 7.44. The van der Waals surface area contributed by atoms with Gasteiger partial charge in [0.05, 0.1) is 22.2 Å².